The quantitative estimate of drug-likeness (QED) is 0.893. The van der Waals surface area contributed by atoms with Crippen molar-refractivity contribution in [2.45, 2.75) is 26.4 Å². The number of thiazole rings is 1. The Morgan fingerprint density at radius 3 is 2.73 bits per heavy atom. The minimum Gasteiger partial charge on any atom is -0.388 e. The second kappa shape index (κ2) is 4.43. The third kappa shape index (κ3) is 2.45. The Morgan fingerprint density at radius 2 is 2.20 bits per heavy atom. The summed E-state index contributed by atoms with van der Waals surface area (Å²) in [6.45, 7) is 4.01. The van der Waals surface area contributed by atoms with Gasteiger partial charge in [0.15, 0.2) is 0 Å². The van der Waals surface area contributed by atoms with Gasteiger partial charge in [-0.3, -0.25) is 0 Å². The fourth-order valence-corrected chi connectivity index (χ4v) is 3.08. The van der Waals surface area contributed by atoms with E-state index in [9.17, 15) is 5.11 Å². The molecule has 15 heavy (non-hydrogen) atoms. The molecule has 0 aliphatic rings. The average Bonchev–Trinajstić information content (AvgIpc) is 2.75. The van der Waals surface area contributed by atoms with Gasteiger partial charge in [-0.25, -0.2) is 4.98 Å². The van der Waals surface area contributed by atoms with Crippen molar-refractivity contribution in [1.82, 2.24) is 4.98 Å². The summed E-state index contributed by atoms with van der Waals surface area (Å²) in [6.07, 6.45) is 0.206. The lowest BCUT2D eigenvalue weighted by atomic mass is 10.1. The molecule has 0 aliphatic heterocycles. The van der Waals surface area contributed by atoms with Crippen LogP contribution in [0.4, 0.5) is 0 Å². The van der Waals surface area contributed by atoms with E-state index in [4.69, 9.17) is 0 Å². The normalized spacial score (nSPS) is 13.0. The third-order valence-corrected chi connectivity index (χ3v) is 4.14. The summed E-state index contributed by atoms with van der Waals surface area (Å²) < 4.78 is 0. The number of thiophene rings is 1. The molecule has 0 amide bonds. The molecule has 2 nitrogen and oxygen atoms in total. The second-order valence-corrected chi connectivity index (χ2v) is 5.60. The number of hydrogen-bond acceptors (Lipinski definition) is 4. The van der Waals surface area contributed by atoms with Gasteiger partial charge >= 0.3 is 0 Å². The maximum Gasteiger partial charge on any atom is 0.0957 e. The highest BCUT2D eigenvalue weighted by atomic mass is 32.1. The SMILES string of the molecule is Cc1csc(CC(O)c2ccsc2C)n1. The smallest absolute Gasteiger partial charge is 0.0957 e. The van der Waals surface area contributed by atoms with Gasteiger partial charge in [-0.05, 0) is 30.9 Å². The summed E-state index contributed by atoms with van der Waals surface area (Å²) in [4.78, 5) is 5.54. The highest BCUT2D eigenvalue weighted by molar-refractivity contribution is 7.10. The van der Waals surface area contributed by atoms with Crippen LogP contribution in [0, 0.1) is 13.8 Å². The van der Waals surface area contributed by atoms with Gasteiger partial charge in [0, 0.05) is 22.4 Å². The Kier molecular flexibility index (Phi) is 3.19. The molecule has 0 fully saturated rings. The molecule has 4 heteroatoms. The van der Waals surface area contributed by atoms with Gasteiger partial charge in [0.05, 0.1) is 11.1 Å². The second-order valence-electron chi connectivity index (χ2n) is 3.53. The Bertz CT molecular complexity index is 447. The van der Waals surface area contributed by atoms with Crippen LogP contribution in [0.3, 0.4) is 0 Å². The number of aliphatic hydroxyl groups is 1. The molecule has 1 N–H and O–H groups in total. The zero-order chi connectivity index (χ0) is 10.8. The summed E-state index contributed by atoms with van der Waals surface area (Å²) in [5.41, 5.74) is 2.07. The van der Waals surface area contributed by atoms with Crippen molar-refractivity contribution in [2.75, 3.05) is 0 Å². The van der Waals surface area contributed by atoms with Crippen LogP contribution >= 0.6 is 22.7 Å². The van der Waals surface area contributed by atoms with Crippen LogP contribution in [-0.4, -0.2) is 10.1 Å². The number of aliphatic hydroxyl groups excluding tert-OH is 1. The number of rotatable bonds is 3. The van der Waals surface area contributed by atoms with Gasteiger partial charge in [-0.15, -0.1) is 22.7 Å². The summed E-state index contributed by atoms with van der Waals surface area (Å²) >= 11 is 3.28. The first kappa shape index (κ1) is 10.8. The van der Waals surface area contributed by atoms with Crippen LogP contribution in [0.15, 0.2) is 16.8 Å². The Balaban J connectivity index is 2.10. The lowest BCUT2D eigenvalue weighted by Crippen LogP contribution is -2.01. The van der Waals surface area contributed by atoms with Gasteiger partial charge in [0.1, 0.15) is 0 Å². The largest absolute Gasteiger partial charge is 0.388 e. The summed E-state index contributed by atoms with van der Waals surface area (Å²) in [5.74, 6) is 0. The van der Waals surface area contributed by atoms with Crippen LogP contribution in [0.1, 0.15) is 27.2 Å². The molecule has 2 heterocycles. The molecule has 0 bridgehead atoms. The van der Waals surface area contributed by atoms with E-state index < -0.39 is 6.10 Å². The summed E-state index contributed by atoms with van der Waals surface area (Å²) in [5, 5.41) is 15.1. The van der Waals surface area contributed by atoms with Crippen molar-refractivity contribution in [1.29, 1.82) is 0 Å². The average molecular weight is 239 g/mol. The van der Waals surface area contributed by atoms with Crippen LogP contribution in [0.5, 0.6) is 0 Å². The highest BCUT2D eigenvalue weighted by Gasteiger charge is 2.13. The van der Waals surface area contributed by atoms with Crippen LogP contribution in [0.25, 0.3) is 0 Å². The van der Waals surface area contributed by atoms with Crippen molar-refractivity contribution in [2.24, 2.45) is 0 Å². The predicted molar refractivity (Wildman–Crippen MR) is 64.6 cm³/mol. The lowest BCUT2D eigenvalue weighted by Gasteiger charge is -2.07. The number of nitrogens with zero attached hydrogens (tertiary/aromatic N) is 1. The molecule has 0 spiro atoms. The van der Waals surface area contributed by atoms with Gasteiger partial charge < -0.3 is 5.11 Å². The van der Waals surface area contributed by atoms with Crippen LogP contribution in [0.2, 0.25) is 0 Å². The van der Waals surface area contributed by atoms with Gasteiger partial charge in [-0.1, -0.05) is 0 Å². The molecular formula is C11H13NOS2. The van der Waals surface area contributed by atoms with E-state index in [1.165, 1.54) is 4.88 Å². The first-order valence-corrected chi connectivity index (χ1v) is 6.56. The standard InChI is InChI=1S/C11H13NOS2/c1-7-6-15-11(12-7)5-10(13)9-3-4-14-8(9)2/h3-4,6,10,13H,5H2,1-2H3. The molecule has 0 radical (unpaired) electrons. The van der Waals surface area contributed by atoms with Gasteiger partial charge in [0.2, 0.25) is 0 Å². The zero-order valence-electron chi connectivity index (χ0n) is 8.73. The predicted octanol–water partition coefficient (Wildman–Crippen LogP) is 3.10. The molecule has 0 saturated carbocycles. The van der Waals surface area contributed by atoms with E-state index in [1.54, 1.807) is 22.7 Å². The number of hydrogen-bond donors (Lipinski definition) is 1. The van der Waals surface area contributed by atoms with Crippen molar-refractivity contribution < 1.29 is 5.11 Å². The van der Waals surface area contributed by atoms with E-state index >= 15 is 0 Å². The Morgan fingerprint density at radius 1 is 1.40 bits per heavy atom. The number of aryl methyl sites for hydroxylation is 2. The molecule has 2 rings (SSSR count). The molecular weight excluding hydrogens is 226 g/mol. The lowest BCUT2D eigenvalue weighted by molar-refractivity contribution is 0.178. The molecule has 80 valence electrons. The Labute approximate surface area is 97.2 Å². The van der Waals surface area contributed by atoms with Crippen molar-refractivity contribution in [3.05, 3.63) is 38.0 Å². The zero-order valence-corrected chi connectivity index (χ0v) is 10.4. The third-order valence-electron chi connectivity index (χ3n) is 2.29. The van der Waals surface area contributed by atoms with E-state index in [0.717, 1.165) is 16.3 Å². The first-order chi connectivity index (χ1) is 7.16. The molecule has 2 aromatic rings. The molecule has 0 aliphatic carbocycles. The van der Waals surface area contributed by atoms with E-state index in [2.05, 4.69) is 4.98 Å². The Hall–Kier alpha value is -0.710. The topological polar surface area (TPSA) is 33.1 Å². The van der Waals surface area contributed by atoms with E-state index in [1.807, 2.05) is 30.7 Å². The summed E-state index contributed by atoms with van der Waals surface area (Å²) in [7, 11) is 0. The van der Waals surface area contributed by atoms with E-state index in [0.29, 0.717) is 6.42 Å². The fourth-order valence-electron chi connectivity index (χ4n) is 1.51. The fraction of sp³-hybridized carbons (Fsp3) is 0.364. The maximum atomic E-state index is 10.0. The monoisotopic (exact) mass is 239 g/mol. The molecule has 1 atom stereocenters. The van der Waals surface area contributed by atoms with Crippen molar-refractivity contribution in [3.63, 3.8) is 0 Å². The van der Waals surface area contributed by atoms with Crippen molar-refractivity contribution >= 4 is 22.7 Å². The number of aromatic nitrogens is 1. The van der Waals surface area contributed by atoms with Crippen LogP contribution < -0.4 is 0 Å². The van der Waals surface area contributed by atoms with Gasteiger partial charge in [-0.2, -0.15) is 0 Å². The summed E-state index contributed by atoms with van der Waals surface area (Å²) in [6, 6.07) is 1.99. The minimum atomic E-state index is -0.415. The minimum absolute atomic E-state index is 0.415. The van der Waals surface area contributed by atoms with Crippen molar-refractivity contribution in [3.8, 4) is 0 Å². The molecule has 0 aromatic carbocycles. The molecule has 2 aromatic heterocycles. The maximum absolute atomic E-state index is 10.0. The molecule has 1 unspecified atom stereocenters. The van der Waals surface area contributed by atoms with Gasteiger partial charge in [0.25, 0.3) is 0 Å². The highest BCUT2D eigenvalue weighted by Crippen LogP contribution is 2.26. The van der Waals surface area contributed by atoms with Crippen LogP contribution in [-0.2, 0) is 6.42 Å². The first-order valence-electron chi connectivity index (χ1n) is 4.80. The van der Waals surface area contributed by atoms with E-state index in [-0.39, 0.29) is 0 Å². The molecule has 0 saturated heterocycles.